The number of anilines is 1. The molecule has 0 amide bonds. The Hall–Kier alpha value is -4.28. The number of rotatable bonds is 7. The summed E-state index contributed by atoms with van der Waals surface area (Å²) in [5.74, 6) is 1.66. The number of ether oxygens (including phenoxy) is 2. The molecule has 4 N–H and O–H groups in total. The molecule has 1 fully saturated rings. The maximum Gasteiger partial charge on any atom is 0.326 e. The predicted octanol–water partition coefficient (Wildman–Crippen LogP) is 0.691. The first-order chi connectivity index (χ1) is 16.1. The summed E-state index contributed by atoms with van der Waals surface area (Å²) in [5, 5.41) is 18.3. The zero-order valence-electron chi connectivity index (χ0n) is 18.1. The van der Waals surface area contributed by atoms with E-state index in [1.807, 2.05) is 24.3 Å². The number of aromatic hydroxyl groups is 1. The van der Waals surface area contributed by atoms with Crippen molar-refractivity contribution >= 4 is 17.5 Å². The van der Waals surface area contributed by atoms with Gasteiger partial charge in [0.05, 0.1) is 26.5 Å². The van der Waals surface area contributed by atoms with Crippen molar-refractivity contribution < 1.29 is 14.6 Å². The fourth-order valence-electron chi connectivity index (χ4n) is 3.57. The monoisotopic (exact) mass is 449 g/mol. The summed E-state index contributed by atoms with van der Waals surface area (Å²) in [6.45, 7) is 0.450. The molecule has 0 atom stereocenters. The Bertz CT molecular complexity index is 1500. The van der Waals surface area contributed by atoms with Gasteiger partial charge in [-0.1, -0.05) is 12.1 Å². The zero-order chi connectivity index (χ0) is 22.9. The average molecular weight is 449 g/mol. The van der Waals surface area contributed by atoms with Gasteiger partial charge in [-0.3, -0.25) is 9.98 Å². The molecule has 1 aliphatic rings. The van der Waals surface area contributed by atoms with Crippen LogP contribution < -0.4 is 31.2 Å². The molecule has 170 valence electrons. The summed E-state index contributed by atoms with van der Waals surface area (Å²) < 4.78 is 12.6. The fourth-order valence-corrected chi connectivity index (χ4v) is 3.57. The Kier molecular flexibility index (Phi) is 5.21. The van der Waals surface area contributed by atoms with Gasteiger partial charge in [0.15, 0.2) is 22.6 Å². The molecule has 5 rings (SSSR count). The third-order valence-electron chi connectivity index (χ3n) is 5.32. The van der Waals surface area contributed by atoms with Crippen LogP contribution in [0.25, 0.3) is 11.7 Å². The molecule has 3 heterocycles. The standard InChI is InChI=1S/C22H23N7O4/c1-32-16-5-3-4-12(19(16)33-2)10-23-17-9-18(25-14-6-7-14)29-20(27-17)13(11-24-29)8-15-21(30)28-22(31)26-15/h3-5,8-9,11,14,23,30H,6-7,10H2,1-2H3,(H2,26,28,31)/b13-8-,25-18?. The Labute approximate surface area is 187 Å². The summed E-state index contributed by atoms with van der Waals surface area (Å²) in [5.41, 5.74) is 1.88. The van der Waals surface area contributed by atoms with Crippen LogP contribution >= 0.6 is 0 Å². The number of methoxy groups -OCH3 is 2. The highest BCUT2D eigenvalue weighted by Gasteiger charge is 2.20. The van der Waals surface area contributed by atoms with Gasteiger partial charge in [0.2, 0.25) is 5.88 Å². The van der Waals surface area contributed by atoms with Crippen molar-refractivity contribution in [3.8, 4) is 17.4 Å². The summed E-state index contributed by atoms with van der Waals surface area (Å²) in [4.78, 5) is 25.8. The summed E-state index contributed by atoms with van der Waals surface area (Å²) in [6.07, 6.45) is 5.32. The van der Waals surface area contributed by atoms with E-state index >= 15 is 0 Å². The smallest absolute Gasteiger partial charge is 0.326 e. The second-order valence-electron chi connectivity index (χ2n) is 7.69. The number of hydrogen-bond acceptors (Lipinski definition) is 8. The van der Waals surface area contributed by atoms with Gasteiger partial charge in [-0.05, 0) is 25.0 Å². The lowest BCUT2D eigenvalue weighted by Crippen LogP contribution is -2.20. The molecule has 3 aromatic heterocycles. The highest BCUT2D eigenvalue weighted by molar-refractivity contribution is 5.58. The van der Waals surface area contributed by atoms with Crippen LogP contribution in [0.2, 0.25) is 0 Å². The number of benzene rings is 1. The van der Waals surface area contributed by atoms with Crippen molar-refractivity contribution in [3.63, 3.8) is 0 Å². The van der Waals surface area contributed by atoms with Crippen LogP contribution in [-0.4, -0.2) is 49.9 Å². The van der Waals surface area contributed by atoms with E-state index in [2.05, 4.69) is 20.4 Å². The van der Waals surface area contributed by atoms with E-state index in [4.69, 9.17) is 19.5 Å². The minimum Gasteiger partial charge on any atom is -0.493 e. The minimum absolute atomic E-state index is 0.247. The quantitative estimate of drug-likeness (QED) is 0.325. The molecule has 1 saturated carbocycles. The van der Waals surface area contributed by atoms with Gasteiger partial charge >= 0.3 is 5.69 Å². The molecule has 11 heteroatoms. The summed E-state index contributed by atoms with van der Waals surface area (Å²) in [7, 11) is 3.21. The van der Waals surface area contributed by atoms with Gasteiger partial charge in [-0.15, -0.1) is 0 Å². The van der Waals surface area contributed by atoms with Gasteiger partial charge in [-0.2, -0.15) is 9.61 Å². The van der Waals surface area contributed by atoms with Crippen molar-refractivity contribution in [2.45, 2.75) is 25.4 Å². The number of nitrogens with zero attached hydrogens (tertiary/aromatic N) is 4. The van der Waals surface area contributed by atoms with E-state index in [-0.39, 0.29) is 17.6 Å². The maximum absolute atomic E-state index is 11.5. The summed E-state index contributed by atoms with van der Waals surface area (Å²) in [6, 6.07) is 7.82. The molecule has 0 spiro atoms. The van der Waals surface area contributed by atoms with Crippen LogP contribution in [0.15, 0.2) is 40.2 Å². The van der Waals surface area contributed by atoms with Crippen LogP contribution in [0.3, 0.4) is 0 Å². The van der Waals surface area contributed by atoms with Crippen molar-refractivity contribution in [2.24, 2.45) is 4.99 Å². The van der Waals surface area contributed by atoms with E-state index in [1.54, 1.807) is 31.0 Å². The third kappa shape index (κ3) is 4.12. The lowest BCUT2D eigenvalue weighted by molar-refractivity contribution is 0.352. The van der Waals surface area contributed by atoms with Crippen molar-refractivity contribution in [1.82, 2.24) is 24.6 Å². The second kappa shape index (κ2) is 8.34. The molecule has 1 aliphatic carbocycles. The Balaban J connectivity index is 1.57. The molecule has 0 unspecified atom stereocenters. The SMILES string of the molecule is COc1cccc(CNc2cc(=NC3CC3)n3nc/c(=C/c4[nH]c(=O)[nH]c4O)c3n2)c1OC. The van der Waals surface area contributed by atoms with Gasteiger partial charge in [0.1, 0.15) is 11.5 Å². The molecule has 0 bridgehead atoms. The number of imidazole rings is 1. The van der Waals surface area contributed by atoms with E-state index < -0.39 is 5.69 Å². The highest BCUT2D eigenvalue weighted by atomic mass is 16.5. The summed E-state index contributed by atoms with van der Waals surface area (Å²) >= 11 is 0. The van der Waals surface area contributed by atoms with Crippen molar-refractivity contribution in [3.05, 3.63) is 62.9 Å². The van der Waals surface area contributed by atoms with Crippen LogP contribution in [0.4, 0.5) is 5.82 Å². The van der Waals surface area contributed by atoms with Gasteiger partial charge < -0.3 is 24.9 Å². The Morgan fingerprint density at radius 1 is 1.30 bits per heavy atom. The van der Waals surface area contributed by atoms with Crippen LogP contribution in [-0.2, 0) is 6.54 Å². The first kappa shape index (κ1) is 20.6. The molecular weight excluding hydrogens is 426 g/mol. The molecule has 0 radical (unpaired) electrons. The molecule has 0 saturated heterocycles. The lowest BCUT2D eigenvalue weighted by Gasteiger charge is -2.13. The first-order valence-corrected chi connectivity index (χ1v) is 10.4. The van der Waals surface area contributed by atoms with Gasteiger partial charge in [0.25, 0.3) is 0 Å². The molecule has 0 aliphatic heterocycles. The maximum atomic E-state index is 11.5. The minimum atomic E-state index is -0.498. The van der Waals surface area contributed by atoms with Crippen molar-refractivity contribution in [2.75, 3.05) is 19.5 Å². The number of nitrogens with one attached hydrogen (secondary N) is 3. The van der Waals surface area contributed by atoms with E-state index in [9.17, 15) is 9.90 Å². The Morgan fingerprint density at radius 3 is 2.85 bits per heavy atom. The van der Waals surface area contributed by atoms with Crippen LogP contribution in [0.1, 0.15) is 24.1 Å². The van der Waals surface area contributed by atoms with Crippen LogP contribution in [0.5, 0.6) is 17.4 Å². The van der Waals surface area contributed by atoms with Crippen LogP contribution in [0, 0.1) is 0 Å². The van der Waals surface area contributed by atoms with E-state index in [0.717, 1.165) is 18.4 Å². The second-order valence-corrected chi connectivity index (χ2v) is 7.69. The molecular formula is C22H23N7O4. The molecule has 4 aromatic rings. The number of aromatic nitrogens is 5. The highest BCUT2D eigenvalue weighted by Crippen LogP contribution is 2.31. The topological polar surface area (TPSA) is 142 Å². The number of fused-ring (bicyclic) bond motifs is 1. The normalized spacial score (nSPS) is 14.7. The molecule has 1 aromatic carbocycles. The average Bonchev–Trinajstić information content (AvgIpc) is 3.45. The third-order valence-corrected chi connectivity index (χ3v) is 5.32. The predicted molar refractivity (Wildman–Crippen MR) is 120 cm³/mol. The number of para-hydroxylation sites is 1. The van der Waals surface area contributed by atoms with Gasteiger partial charge in [0, 0.05) is 23.4 Å². The molecule has 11 nitrogen and oxygen atoms in total. The van der Waals surface area contributed by atoms with Crippen molar-refractivity contribution in [1.29, 1.82) is 0 Å². The molecule has 33 heavy (non-hydrogen) atoms. The van der Waals surface area contributed by atoms with E-state index in [0.29, 0.717) is 40.2 Å². The first-order valence-electron chi connectivity index (χ1n) is 10.4. The van der Waals surface area contributed by atoms with E-state index in [1.165, 1.54) is 0 Å². The number of H-pyrrole nitrogens is 2. The fraction of sp³-hybridized carbons (Fsp3) is 0.273. The lowest BCUT2D eigenvalue weighted by atomic mass is 10.2. The zero-order valence-corrected chi connectivity index (χ0v) is 18.1. The Morgan fingerprint density at radius 2 is 2.15 bits per heavy atom. The number of hydrogen-bond donors (Lipinski definition) is 4. The number of aromatic amines is 2. The van der Waals surface area contributed by atoms with Gasteiger partial charge in [-0.25, -0.2) is 9.78 Å². The largest absolute Gasteiger partial charge is 0.493 e.